The van der Waals surface area contributed by atoms with Gasteiger partial charge in [0.1, 0.15) is 5.60 Å². The van der Waals surface area contributed by atoms with E-state index in [0.717, 1.165) is 0 Å². The van der Waals surface area contributed by atoms with E-state index in [1.165, 1.54) is 0 Å². The molecular formula is C12H25NO3. The van der Waals surface area contributed by atoms with Gasteiger partial charge in [0.2, 0.25) is 5.91 Å². The van der Waals surface area contributed by atoms with Crippen molar-refractivity contribution in [2.75, 3.05) is 27.4 Å². The molecule has 1 N–H and O–H groups in total. The van der Waals surface area contributed by atoms with E-state index in [1.54, 1.807) is 14.2 Å². The minimum absolute atomic E-state index is 0.00874. The summed E-state index contributed by atoms with van der Waals surface area (Å²) >= 11 is 0. The van der Waals surface area contributed by atoms with Gasteiger partial charge in [0.25, 0.3) is 0 Å². The van der Waals surface area contributed by atoms with Crippen LogP contribution in [0, 0.1) is 5.41 Å². The largest absolute Gasteiger partial charge is 0.382 e. The molecule has 0 radical (unpaired) electrons. The highest BCUT2D eigenvalue weighted by Crippen LogP contribution is 2.18. The van der Waals surface area contributed by atoms with Crippen LogP contribution in [-0.2, 0) is 14.3 Å². The van der Waals surface area contributed by atoms with Crippen LogP contribution >= 0.6 is 0 Å². The maximum atomic E-state index is 11.6. The van der Waals surface area contributed by atoms with Crippen molar-refractivity contribution in [3.8, 4) is 0 Å². The van der Waals surface area contributed by atoms with Crippen molar-refractivity contribution in [1.29, 1.82) is 0 Å². The maximum absolute atomic E-state index is 11.6. The molecule has 0 saturated heterocycles. The number of methoxy groups -OCH3 is 2. The molecule has 0 aliphatic carbocycles. The molecule has 0 aromatic carbocycles. The SMILES string of the molecule is COC[C@@](C)(CNC(=O)CC(C)(C)C)OC. The second kappa shape index (κ2) is 6.21. The predicted molar refractivity (Wildman–Crippen MR) is 64.4 cm³/mol. The fourth-order valence-corrected chi connectivity index (χ4v) is 1.32. The Kier molecular flexibility index (Phi) is 5.97. The van der Waals surface area contributed by atoms with E-state index in [2.05, 4.69) is 5.32 Å². The van der Waals surface area contributed by atoms with Gasteiger partial charge >= 0.3 is 0 Å². The molecule has 4 nitrogen and oxygen atoms in total. The summed E-state index contributed by atoms with van der Waals surface area (Å²) in [6, 6.07) is 0. The fraction of sp³-hybridized carbons (Fsp3) is 0.917. The van der Waals surface area contributed by atoms with E-state index in [9.17, 15) is 4.79 Å². The van der Waals surface area contributed by atoms with Gasteiger partial charge in [-0.2, -0.15) is 0 Å². The maximum Gasteiger partial charge on any atom is 0.220 e. The minimum Gasteiger partial charge on any atom is -0.382 e. The second-order valence-corrected chi connectivity index (χ2v) is 5.60. The lowest BCUT2D eigenvalue weighted by molar-refractivity contribution is -0.125. The smallest absolute Gasteiger partial charge is 0.220 e. The van der Waals surface area contributed by atoms with Crippen molar-refractivity contribution in [3.05, 3.63) is 0 Å². The van der Waals surface area contributed by atoms with E-state index in [1.807, 2.05) is 27.7 Å². The van der Waals surface area contributed by atoms with Gasteiger partial charge in [-0.1, -0.05) is 20.8 Å². The molecule has 0 bridgehead atoms. The first-order valence-corrected chi connectivity index (χ1v) is 5.53. The fourth-order valence-electron chi connectivity index (χ4n) is 1.32. The van der Waals surface area contributed by atoms with Crippen molar-refractivity contribution in [1.82, 2.24) is 5.32 Å². The first kappa shape index (κ1) is 15.4. The number of ether oxygens (including phenoxy) is 2. The Morgan fingerprint density at radius 3 is 2.12 bits per heavy atom. The highest BCUT2D eigenvalue weighted by Gasteiger charge is 2.25. The van der Waals surface area contributed by atoms with E-state index < -0.39 is 5.60 Å². The number of amides is 1. The lowest BCUT2D eigenvalue weighted by Gasteiger charge is -2.28. The third-order valence-electron chi connectivity index (χ3n) is 2.29. The van der Waals surface area contributed by atoms with Gasteiger partial charge in [-0.05, 0) is 12.3 Å². The van der Waals surface area contributed by atoms with Crippen molar-refractivity contribution >= 4 is 5.91 Å². The molecule has 16 heavy (non-hydrogen) atoms. The first-order valence-electron chi connectivity index (χ1n) is 5.53. The summed E-state index contributed by atoms with van der Waals surface area (Å²) in [5.74, 6) is 0.0480. The Bertz CT molecular complexity index is 223. The van der Waals surface area contributed by atoms with Gasteiger partial charge in [0.15, 0.2) is 0 Å². The van der Waals surface area contributed by atoms with Gasteiger partial charge in [0, 0.05) is 27.2 Å². The number of rotatable bonds is 6. The monoisotopic (exact) mass is 231 g/mol. The second-order valence-electron chi connectivity index (χ2n) is 5.60. The van der Waals surface area contributed by atoms with Crippen LogP contribution in [0.1, 0.15) is 34.1 Å². The van der Waals surface area contributed by atoms with Crippen LogP contribution in [0.15, 0.2) is 0 Å². The van der Waals surface area contributed by atoms with Crippen LogP contribution < -0.4 is 5.32 Å². The van der Waals surface area contributed by atoms with Crippen molar-refractivity contribution < 1.29 is 14.3 Å². The molecule has 0 heterocycles. The summed E-state index contributed by atoms with van der Waals surface area (Å²) in [6.07, 6.45) is 0.514. The lowest BCUT2D eigenvalue weighted by Crippen LogP contribution is -2.45. The zero-order valence-electron chi connectivity index (χ0n) is 11.3. The third-order valence-corrected chi connectivity index (χ3v) is 2.29. The summed E-state index contributed by atoms with van der Waals surface area (Å²) in [5.41, 5.74) is -0.447. The molecule has 0 saturated carbocycles. The quantitative estimate of drug-likeness (QED) is 0.755. The summed E-state index contributed by atoms with van der Waals surface area (Å²) in [7, 11) is 3.24. The molecule has 0 aromatic heterocycles. The molecule has 1 amide bonds. The molecule has 4 heteroatoms. The van der Waals surface area contributed by atoms with Crippen molar-refractivity contribution in [3.63, 3.8) is 0 Å². The standard InChI is InChI=1S/C12H25NO3/c1-11(2,3)7-10(14)13-8-12(4,16-6)9-15-5/h7-9H2,1-6H3,(H,13,14)/t12-/m1/s1. The first-order chi connectivity index (χ1) is 7.22. The Morgan fingerprint density at radius 2 is 1.75 bits per heavy atom. The van der Waals surface area contributed by atoms with Gasteiger partial charge in [-0.25, -0.2) is 0 Å². The minimum atomic E-state index is -0.456. The Labute approximate surface area is 98.7 Å². The molecule has 0 aliphatic heterocycles. The van der Waals surface area contributed by atoms with Crippen LogP contribution in [0.2, 0.25) is 0 Å². The van der Waals surface area contributed by atoms with Crippen LogP contribution in [0.3, 0.4) is 0 Å². The van der Waals surface area contributed by atoms with Crippen molar-refractivity contribution in [2.45, 2.75) is 39.7 Å². The summed E-state index contributed by atoms with van der Waals surface area (Å²) < 4.78 is 10.4. The zero-order valence-corrected chi connectivity index (χ0v) is 11.3. The van der Waals surface area contributed by atoms with Crippen LogP contribution in [-0.4, -0.2) is 38.9 Å². The highest BCUT2D eigenvalue weighted by atomic mass is 16.5. The molecule has 0 rings (SSSR count). The van der Waals surface area contributed by atoms with Gasteiger partial charge in [-0.3, -0.25) is 4.79 Å². The Balaban J connectivity index is 4.07. The van der Waals surface area contributed by atoms with E-state index >= 15 is 0 Å². The van der Waals surface area contributed by atoms with E-state index in [0.29, 0.717) is 19.6 Å². The number of nitrogens with one attached hydrogen (secondary N) is 1. The number of carbonyl (C=O) groups excluding carboxylic acids is 1. The molecule has 0 aliphatic rings. The number of hydrogen-bond acceptors (Lipinski definition) is 3. The highest BCUT2D eigenvalue weighted by molar-refractivity contribution is 5.76. The van der Waals surface area contributed by atoms with Gasteiger partial charge in [0.05, 0.1) is 6.61 Å². The predicted octanol–water partition coefficient (Wildman–Crippen LogP) is 1.59. The summed E-state index contributed by atoms with van der Waals surface area (Å²) in [6.45, 7) is 8.95. The third kappa shape index (κ3) is 6.80. The molecule has 0 spiro atoms. The van der Waals surface area contributed by atoms with Gasteiger partial charge in [-0.15, -0.1) is 0 Å². The Hall–Kier alpha value is -0.610. The molecule has 96 valence electrons. The molecular weight excluding hydrogens is 206 g/mol. The van der Waals surface area contributed by atoms with Crippen LogP contribution in [0.25, 0.3) is 0 Å². The summed E-state index contributed by atoms with van der Waals surface area (Å²) in [5, 5.41) is 2.87. The number of carbonyl (C=O) groups is 1. The van der Waals surface area contributed by atoms with Crippen LogP contribution in [0.5, 0.6) is 0 Å². The van der Waals surface area contributed by atoms with E-state index in [-0.39, 0.29) is 11.3 Å². The average molecular weight is 231 g/mol. The normalized spacial score (nSPS) is 15.6. The lowest BCUT2D eigenvalue weighted by atomic mass is 9.92. The molecule has 0 aromatic rings. The molecule has 0 fully saturated rings. The molecule has 1 atom stereocenters. The van der Waals surface area contributed by atoms with Crippen molar-refractivity contribution in [2.24, 2.45) is 5.41 Å². The summed E-state index contributed by atoms with van der Waals surface area (Å²) in [4.78, 5) is 11.6. The topological polar surface area (TPSA) is 47.6 Å². The number of hydrogen-bond donors (Lipinski definition) is 1. The van der Waals surface area contributed by atoms with Crippen LogP contribution in [0.4, 0.5) is 0 Å². The Morgan fingerprint density at radius 1 is 1.19 bits per heavy atom. The average Bonchev–Trinajstić information content (AvgIpc) is 2.13. The zero-order chi connectivity index (χ0) is 12.8. The molecule has 0 unspecified atom stereocenters. The van der Waals surface area contributed by atoms with E-state index in [4.69, 9.17) is 9.47 Å². The van der Waals surface area contributed by atoms with Gasteiger partial charge < -0.3 is 14.8 Å².